The maximum Gasteiger partial charge on any atom is 0.414 e. The number of rotatable bonds is 9. The van der Waals surface area contributed by atoms with Crippen molar-refractivity contribution < 1.29 is 28.2 Å². The summed E-state index contributed by atoms with van der Waals surface area (Å²) in [6, 6.07) is 11.5. The van der Waals surface area contributed by atoms with E-state index in [1.165, 1.54) is 30.5 Å². The maximum atomic E-state index is 14.9. The molecule has 1 aliphatic rings. The van der Waals surface area contributed by atoms with Crippen LogP contribution in [0.2, 0.25) is 0 Å². The van der Waals surface area contributed by atoms with E-state index in [2.05, 4.69) is 15.6 Å². The van der Waals surface area contributed by atoms with Crippen LogP contribution >= 0.6 is 0 Å². The zero-order valence-electron chi connectivity index (χ0n) is 18.5. The lowest BCUT2D eigenvalue weighted by molar-refractivity contribution is -0.119. The number of aliphatic hydroxyl groups excluding tert-OH is 1. The van der Waals surface area contributed by atoms with Crippen molar-refractivity contribution in [3.05, 3.63) is 72.2 Å². The first-order valence-corrected chi connectivity index (χ1v) is 10.8. The van der Waals surface area contributed by atoms with Crippen LogP contribution in [0.4, 0.5) is 14.9 Å². The van der Waals surface area contributed by atoms with Crippen LogP contribution in [0.25, 0.3) is 11.1 Å². The summed E-state index contributed by atoms with van der Waals surface area (Å²) in [5.41, 5.74) is 2.83. The Morgan fingerprint density at radius 3 is 2.76 bits per heavy atom. The number of aliphatic hydroxyl groups is 1. The summed E-state index contributed by atoms with van der Waals surface area (Å²) in [6.45, 7) is 2.60. The molecule has 1 saturated heterocycles. The molecule has 0 aliphatic carbocycles. The monoisotopic (exact) mass is 468 g/mol. The number of hydrogen-bond acceptors (Lipinski definition) is 7. The van der Waals surface area contributed by atoms with Crippen LogP contribution in [0, 0.1) is 5.82 Å². The predicted octanol–water partition coefficient (Wildman–Crippen LogP) is 2.77. The minimum absolute atomic E-state index is 0.200. The molecule has 178 valence electrons. The summed E-state index contributed by atoms with van der Waals surface area (Å²) >= 11 is 0. The highest BCUT2D eigenvalue weighted by atomic mass is 19.1. The van der Waals surface area contributed by atoms with Gasteiger partial charge in [-0.1, -0.05) is 24.3 Å². The second-order valence-corrected chi connectivity index (χ2v) is 7.97. The minimum Gasteiger partial charge on any atom is -0.451 e. The van der Waals surface area contributed by atoms with Gasteiger partial charge in [0, 0.05) is 25.6 Å². The number of cyclic esters (lactones) is 1. The summed E-state index contributed by atoms with van der Waals surface area (Å²) in [7, 11) is 0. The second-order valence-electron chi connectivity index (χ2n) is 7.97. The molecular weight excluding hydrogens is 443 g/mol. The summed E-state index contributed by atoms with van der Waals surface area (Å²) in [4.78, 5) is 28.6. The van der Waals surface area contributed by atoms with E-state index in [-0.39, 0.29) is 19.0 Å². The predicted molar refractivity (Wildman–Crippen MR) is 121 cm³/mol. The first kappa shape index (κ1) is 23.4. The molecule has 2 aromatic carbocycles. The number of benzene rings is 2. The number of amides is 2. The Bertz CT molecular complexity index is 1140. The Morgan fingerprint density at radius 2 is 2.09 bits per heavy atom. The van der Waals surface area contributed by atoms with Gasteiger partial charge in [-0.05, 0) is 29.3 Å². The van der Waals surface area contributed by atoms with Crippen LogP contribution in [-0.4, -0.2) is 47.8 Å². The number of carbonyl (C=O) groups is 2. The third-order valence-corrected chi connectivity index (χ3v) is 5.45. The van der Waals surface area contributed by atoms with Gasteiger partial charge in [0.05, 0.1) is 30.6 Å². The fraction of sp³-hybridized carbons (Fsp3) is 0.292. The van der Waals surface area contributed by atoms with E-state index in [1.54, 1.807) is 36.4 Å². The van der Waals surface area contributed by atoms with Crippen molar-refractivity contribution in [1.29, 1.82) is 0 Å². The molecule has 3 N–H and O–H groups in total. The Kier molecular flexibility index (Phi) is 7.19. The largest absolute Gasteiger partial charge is 0.451 e. The second kappa shape index (κ2) is 10.4. The topological polar surface area (TPSA) is 117 Å². The van der Waals surface area contributed by atoms with E-state index in [9.17, 15) is 19.1 Å². The van der Waals surface area contributed by atoms with Gasteiger partial charge < -0.3 is 24.9 Å². The number of halogens is 1. The van der Waals surface area contributed by atoms with Gasteiger partial charge in [-0.15, -0.1) is 0 Å². The smallest absolute Gasteiger partial charge is 0.414 e. The molecule has 34 heavy (non-hydrogen) atoms. The lowest BCUT2D eigenvalue weighted by Crippen LogP contribution is -2.33. The number of anilines is 1. The number of nitrogens with zero attached hydrogens (tertiary/aromatic N) is 2. The summed E-state index contributed by atoms with van der Waals surface area (Å²) in [6.07, 6.45) is 1.06. The lowest BCUT2D eigenvalue weighted by Gasteiger charge is -2.15. The molecule has 0 spiro atoms. The quantitative estimate of drug-likeness (QED) is 0.442. The van der Waals surface area contributed by atoms with Gasteiger partial charge in [0.25, 0.3) is 0 Å². The number of oxazole rings is 1. The molecule has 3 aromatic rings. The molecule has 2 atom stereocenters. The Labute approximate surface area is 195 Å². The van der Waals surface area contributed by atoms with Crippen LogP contribution in [0.3, 0.4) is 0 Å². The van der Waals surface area contributed by atoms with Crippen LogP contribution in [0.15, 0.2) is 59.5 Å². The molecule has 0 bridgehead atoms. The van der Waals surface area contributed by atoms with Gasteiger partial charge in [-0.25, -0.2) is 14.2 Å². The van der Waals surface area contributed by atoms with Crippen LogP contribution < -0.4 is 15.5 Å². The first-order chi connectivity index (χ1) is 16.4. The average molecular weight is 468 g/mol. The number of hydrogen-bond donors (Lipinski definition) is 3. The van der Waals surface area contributed by atoms with Crippen LogP contribution in [-0.2, 0) is 16.1 Å². The number of ether oxygens (including phenoxy) is 1. The van der Waals surface area contributed by atoms with E-state index in [0.29, 0.717) is 35.5 Å². The first-order valence-electron chi connectivity index (χ1n) is 10.8. The molecule has 0 radical (unpaired) electrons. The van der Waals surface area contributed by atoms with E-state index in [4.69, 9.17) is 9.15 Å². The van der Waals surface area contributed by atoms with Gasteiger partial charge in [0.1, 0.15) is 18.2 Å². The molecular formula is C24H25FN4O5. The zero-order valence-corrected chi connectivity index (χ0v) is 18.5. The molecule has 1 fully saturated rings. The maximum absolute atomic E-state index is 14.9. The van der Waals surface area contributed by atoms with Crippen molar-refractivity contribution in [3.63, 3.8) is 0 Å². The standard InChI is InChI=1S/C24H25FN4O5/c1-15(30)27-10-20-12-29(24(32)34-20)19-6-7-21(22(25)8-19)16-2-4-17(5-3-16)23(31)11-26-9-18-13-33-14-28-18/h2-8,13-14,20,23,26,31H,9-12H2,1H3,(H,27,30)/t20-,23?/m0/s1. The summed E-state index contributed by atoms with van der Waals surface area (Å²) < 4.78 is 25.1. The highest BCUT2D eigenvalue weighted by Gasteiger charge is 2.32. The molecule has 1 unspecified atom stereocenters. The third kappa shape index (κ3) is 5.59. The number of carbonyl (C=O) groups excluding carboxylic acids is 2. The molecule has 4 rings (SSSR count). The molecule has 2 heterocycles. The van der Waals surface area contributed by atoms with E-state index in [1.807, 2.05) is 0 Å². The summed E-state index contributed by atoms with van der Waals surface area (Å²) in [5, 5.41) is 16.1. The van der Waals surface area contributed by atoms with Gasteiger partial charge in [-0.3, -0.25) is 9.69 Å². The molecule has 0 saturated carbocycles. The van der Waals surface area contributed by atoms with Crippen molar-refractivity contribution in [1.82, 2.24) is 15.6 Å². The van der Waals surface area contributed by atoms with Crippen LogP contribution in [0.5, 0.6) is 0 Å². The SMILES string of the molecule is CC(=O)NC[C@H]1CN(c2ccc(-c3ccc(C(O)CNCc4cocn4)cc3)c(F)c2)C(=O)O1. The fourth-order valence-corrected chi connectivity index (χ4v) is 3.67. The lowest BCUT2D eigenvalue weighted by atomic mass is 10.0. The van der Waals surface area contributed by atoms with Crippen molar-refractivity contribution >= 4 is 17.7 Å². The Hall–Kier alpha value is -3.76. The zero-order chi connectivity index (χ0) is 24.1. The van der Waals surface area contributed by atoms with Gasteiger partial charge in [0.2, 0.25) is 5.91 Å². The van der Waals surface area contributed by atoms with Crippen molar-refractivity contribution in [2.45, 2.75) is 25.7 Å². The summed E-state index contributed by atoms with van der Waals surface area (Å²) in [5.74, 6) is -0.704. The Balaban J connectivity index is 1.38. The van der Waals surface area contributed by atoms with Crippen LogP contribution in [0.1, 0.15) is 24.3 Å². The highest BCUT2D eigenvalue weighted by Crippen LogP contribution is 2.30. The van der Waals surface area contributed by atoms with E-state index >= 15 is 0 Å². The highest BCUT2D eigenvalue weighted by molar-refractivity contribution is 5.90. The van der Waals surface area contributed by atoms with Gasteiger partial charge in [-0.2, -0.15) is 0 Å². The number of nitrogens with one attached hydrogen (secondary N) is 2. The van der Waals surface area contributed by atoms with E-state index < -0.39 is 24.1 Å². The Morgan fingerprint density at radius 1 is 1.29 bits per heavy atom. The average Bonchev–Trinajstić information content (AvgIpc) is 3.47. The third-order valence-electron chi connectivity index (χ3n) is 5.45. The minimum atomic E-state index is -0.736. The van der Waals surface area contributed by atoms with Gasteiger partial charge in [0.15, 0.2) is 6.39 Å². The fourth-order valence-electron chi connectivity index (χ4n) is 3.67. The molecule has 10 heteroatoms. The molecule has 1 aliphatic heterocycles. The van der Waals surface area contributed by atoms with E-state index in [0.717, 1.165) is 5.69 Å². The molecule has 2 amide bonds. The van der Waals surface area contributed by atoms with Crippen molar-refractivity contribution in [3.8, 4) is 11.1 Å². The molecule has 9 nitrogen and oxygen atoms in total. The van der Waals surface area contributed by atoms with Crippen molar-refractivity contribution in [2.75, 3.05) is 24.5 Å². The normalized spacial score (nSPS) is 16.4. The van der Waals surface area contributed by atoms with Gasteiger partial charge >= 0.3 is 6.09 Å². The van der Waals surface area contributed by atoms with Crippen molar-refractivity contribution in [2.24, 2.45) is 0 Å². The number of aromatic nitrogens is 1. The molecule has 1 aromatic heterocycles.